The van der Waals surface area contributed by atoms with Crippen molar-refractivity contribution in [3.63, 3.8) is 0 Å². The Bertz CT molecular complexity index is 504. The van der Waals surface area contributed by atoms with E-state index in [0.717, 1.165) is 0 Å². The molecule has 0 saturated heterocycles. The van der Waals surface area contributed by atoms with Crippen LogP contribution in [0.5, 0.6) is 0 Å². The Kier molecular flexibility index (Phi) is 6.84. The number of rotatable bonds is 6. The molecule has 1 rings (SSSR count). The van der Waals surface area contributed by atoms with E-state index in [4.69, 9.17) is 0 Å². The maximum Gasteiger partial charge on any atom is 0.310 e. The van der Waals surface area contributed by atoms with Crippen molar-refractivity contribution in [2.45, 2.75) is 20.0 Å². The smallest absolute Gasteiger partial charge is 0.310 e. The molecule has 0 heterocycles. The fourth-order valence-corrected chi connectivity index (χ4v) is 2.42. The van der Waals surface area contributed by atoms with Crippen molar-refractivity contribution in [3.8, 4) is 0 Å². The van der Waals surface area contributed by atoms with Gasteiger partial charge in [-0.3, -0.25) is 9.59 Å². The summed E-state index contributed by atoms with van der Waals surface area (Å²) in [6.45, 7) is 3.64. The van der Waals surface area contributed by atoms with Gasteiger partial charge in [-0.2, -0.15) is 0 Å². The largest absolute Gasteiger partial charge is 0.469 e. The lowest BCUT2D eigenvalue weighted by molar-refractivity contribution is -0.145. The third kappa shape index (κ3) is 5.13. The van der Waals surface area contributed by atoms with Crippen molar-refractivity contribution in [1.82, 2.24) is 4.90 Å². The van der Waals surface area contributed by atoms with E-state index in [2.05, 4.69) is 20.7 Å². The summed E-state index contributed by atoms with van der Waals surface area (Å²) < 4.78 is 5.36. The van der Waals surface area contributed by atoms with E-state index < -0.39 is 12.0 Å². The molecule has 2 atom stereocenters. The number of methoxy groups -OCH3 is 1. The monoisotopic (exact) mass is 357 g/mol. The first-order valence-electron chi connectivity index (χ1n) is 6.66. The molecular formula is C15H20BrNO4. The summed E-state index contributed by atoms with van der Waals surface area (Å²) in [5, 5.41) is 9.57. The van der Waals surface area contributed by atoms with Crippen LogP contribution in [0, 0.1) is 5.92 Å². The van der Waals surface area contributed by atoms with Crippen LogP contribution in [0.2, 0.25) is 0 Å². The van der Waals surface area contributed by atoms with Gasteiger partial charge in [-0.1, -0.05) is 19.1 Å². The predicted molar refractivity (Wildman–Crippen MR) is 82.9 cm³/mol. The van der Waals surface area contributed by atoms with E-state index >= 15 is 0 Å². The summed E-state index contributed by atoms with van der Waals surface area (Å²) in [5.74, 6) is -1.08. The summed E-state index contributed by atoms with van der Waals surface area (Å²) in [5.41, 5.74) is 0.496. The predicted octanol–water partition coefficient (Wildman–Crippen LogP) is 2.08. The Morgan fingerprint density at radius 1 is 1.29 bits per heavy atom. The van der Waals surface area contributed by atoms with Gasteiger partial charge in [0.1, 0.15) is 0 Å². The zero-order valence-corrected chi connectivity index (χ0v) is 14.0. The SMILES string of the molecule is COC(=O)C(C)CN(CC(C)O)C(=O)c1ccccc1Br. The molecule has 1 aromatic carbocycles. The fourth-order valence-electron chi connectivity index (χ4n) is 1.97. The van der Waals surface area contributed by atoms with Crippen LogP contribution >= 0.6 is 15.9 Å². The molecule has 0 bridgehead atoms. The Hall–Kier alpha value is -1.40. The second-order valence-electron chi connectivity index (χ2n) is 4.96. The second kappa shape index (κ2) is 8.14. The summed E-state index contributed by atoms with van der Waals surface area (Å²) in [4.78, 5) is 25.6. The van der Waals surface area contributed by atoms with Crippen LogP contribution < -0.4 is 0 Å². The van der Waals surface area contributed by atoms with Crippen molar-refractivity contribution >= 4 is 27.8 Å². The van der Waals surface area contributed by atoms with Crippen molar-refractivity contribution in [2.75, 3.05) is 20.2 Å². The second-order valence-corrected chi connectivity index (χ2v) is 5.82. The van der Waals surface area contributed by atoms with Gasteiger partial charge in [0.25, 0.3) is 5.91 Å². The van der Waals surface area contributed by atoms with E-state index in [0.29, 0.717) is 10.0 Å². The van der Waals surface area contributed by atoms with Gasteiger partial charge in [-0.15, -0.1) is 0 Å². The highest BCUT2D eigenvalue weighted by molar-refractivity contribution is 9.10. The van der Waals surface area contributed by atoms with Crippen LogP contribution in [0.15, 0.2) is 28.7 Å². The van der Waals surface area contributed by atoms with Gasteiger partial charge in [0, 0.05) is 17.6 Å². The normalized spacial score (nSPS) is 13.4. The highest BCUT2D eigenvalue weighted by Gasteiger charge is 2.24. The van der Waals surface area contributed by atoms with Gasteiger partial charge < -0.3 is 14.7 Å². The number of carbonyl (C=O) groups is 2. The third-order valence-electron chi connectivity index (χ3n) is 2.97. The molecule has 0 aromatic heterocycles. The molecular weight excluding hydrogens is 338 g/mol. The highest BCUT2D eigenvalue weighted by atomic mass is 79.9. The maximum atomic E-state index is 12.6. The van der Waals surface area contributed by atoms with Crippen LogP contribution in [0.25, 0.3) is 0 Å². The number of carbonyl (C=O) groups excluding carboxylic acids is 2. The van der Waals surface area contributed by atoms with Crippen LogP contribution in [0.4, 0.5) is 0 Å². The summed E-state index contributed by atoms with van der Waals surface area (Å²) >= 11 is 3.34. The molecule has 0 fully saturated rings. The molecule has 0 radical (unpaired) electrons. The molecule has 1 amide bonds. The molecule has 5 nitrogen and oxygen atoms in total. The molecule has 1 N–H and O–H groups in total. The zero-order chi connectivity index (χ0) is 16.0. The molecule has 0 aliphatic rings. The Morgan fingerprint density at radius 2 is 1.90 bits per heavy atom. The lowest BCUT2D eigenvalue weighted by Gasteiger charge is -2.26. The summed E-state index contributed by atoms with van der Waals surface area (Å²) in [6, 6.07) is 7.06. The van der Waals surface area contributed by atoms with Gasteiger partial charge in [-0.05, 0) is 35.0 Å². The van der Waals surface area contributed by atoms with Crippen LogP contribution in [0.3, 0.4) is 0 Å². The minimum absolute atomic E-state index is 0.154. The highest BCUT2D eigenvalue weighted by Crippen LogP contribution is 2.19. The number of nitrogens with zero attached hydrogens (tertiary/aromatic N) is 1. The lowest BCUT2D eigenvalue weighted by Crippen LogP contribution is -2.41. The van der Waals surface area contributed by atoms with Crippen LogP contribution in [-0.4, -0.2) is 48.2 Å². The first-order chi connectivity index (χ1) is 9.86. The van der Waals surface area contributed by atoms with Gasteiger partial charge in [0.15, 0.2) is 0 Å². The van der Waals surface area contributed by atoms with E-state index in [1.54, 1.807) is 32.0 Å². The van der Waals surface area contributed by atoms with Crippen LogP contribution in [0.1, 0.15) is 24.2 Å². The minimum atomic E-state index is -0.679. The van der Waals surface area contributed by atoms with Gasteiger partial charge in [-0.25, -0.2) is 0 Å². The number of aliphatic hydroxyl groups is 1. The molecule has 6 heteroatoms. The number of amides is 1. The zero-order valence-electron chi connectivity index (χ0n) is 12.4. The van der Waals surface area contributed by atoms with E-state index in [9.17, 15) is 14.7 Å². The average Bonchev–Trinajstić information content (AvgIpc) is 2.44. The Balaban J connectivity index is 2.94. The Labute approximate surface area is 133 Å². The quantitative estimate of drug-likeness (QED) is 0.791. The number of hydrogen-bond donors (Lipinski definition) is 1. The number of benzene rings is 1. The molecule has 0 aliphatic heterocycles. The average molecular weight is 358 g/mol. The molecule has 0 saturated carbocycles. The van der Waals surface area contributed by atoms with Crippen molar-refractivity contribution in [3.05, 3.63) is 34.3 Å². The van der Waals surface area contributed by atoms with E-state index in [1.165, 1.54) is 12.0 Å². The topological polar surface area (TPSA) is 66.8 Å². The molecule has 1 aromatic rings. The number of esters is 1. The maximum absolute atomic E-state index is 12.6. The van der Waals surface area contributed by atoms with Gasteiger partial charge in [0.2, 0.25) is 0 Å². The molecule has 0 aliphatic carbocycles. The Morgan fingerprint density at radius 3 is 2.43 bits per heavy atom. The van der Waals surface area contributed by atoms with Crippen molar-refractivity contribution in [1.29, 1.82) is 0 Å². The fraction of sp³-hybridized carbons (Fsp3) is 0.467. The number of halogens is 1. The number of aliphatic hydroxyl groups excluding tert-OH is 1. The molecule has 116 valence electrons. The third-order valence-corrected chi connectivity index (χ3v) is 3.67. The molecule has 2 unspecified atom stereocenters. The van der Waals surface area contributed by atoms with Crippen molar-refractivity contribution < 1.29 is 19.4 Å². The molecule has 21 heavy (non-hydrogen) atoms. The van der Waals surface area contributed by atoms with E-state index in [-0.39, 0.29) is 25.0 Å². The summed E-state index contributed by atoms with van der Waals surface area (Å²) in [6.07, 6.45) is -0.679. The first-order valence-corrected chi connectivity index (χ1v) is 7.45. The molecule has 0 spiro atoms. The first kappa shape index (κ1) is 17.7. The summed E-state index contributed by atoms with van der Waals surface area (Å²) in [7, 11) is 1.31. The number of ether oxygens (including phenoxy) is 1. The van der Waals surface area contributed by atoms with Crippen LogP contribution in [-0.2, 0) is 9.53 Å². The lowest BCUT2D eigenvalue weighted by atomic mass is 10.1. The van der Waals surface area contributed by atoms with Gasteiger partial charge >= 0.3 is 5.97 Å². The van der Waals surface area contributed by atoms with E-state index in [1.807, 2.05) is 6.07 Å². The van der Waals surface area contributed by atoms with Crippen molar-refractivity contribution in [2.24, 2.45) is 5.92 Å². The van der Waals surface area contributed by atoms with Gasteiger partial charge in [0.05, 0.1) is 24.7 Å². The minimum Gasteiger partial charge on any atom is -0.469 e. The standard InChI is InChI=1S/C15H20BrNO4/c1-10(15(20)21-3)8-17(9-11(2)18)14(19)12-6-4-5-7-13(12)16/h4-7,10-11,18H,8-9H2,1-3H3. The number of hydrogen-bond acceptors (Lipinski definition) is 4.